The molecule has 0 fully saturated rings. The number of aromatic hydroxyl groups is 1. The first kappa shape index (κ1) is 11.4. The highest BCUT2D eigenvalue weighted by Crippen LogP contribution is 2.30. The first-order chi connectivity index (χ1) is 8.74. The summed E-state index contributed by atoms with van der Waals surface area (Å²) in [6.07, 6.45) is 1.09. The number of para-hydroxylation sites is 1. The molecular weight excluding hydrogens is 246 g/mol. The molecule has 0 bridgehead atoms. The van der Waals surface area contributed by atoms with Crippen LogP contribution in [-0.2, 0) is 13.0 Å². The minimum absolute atomic E-state index is 0.154. The summed E-state index contributed by atoms with van der Waals surface area (Å²) in [5.74, 6) is 0.154. The summed E-state index contributed by atoms with van der Waals surface area (Å²) < 4.78 is 0. The molecule has 2 aromatic carbocycles. The van der Waals surface area contributed by atoms with E-state index < -0.39 is 0 Å². The summed E-state index contributed by atoms with van der Waals surface area (Å²) in [6, 6.07) is 13.9. The monoisotopic (exact) mass is 259 g/mol. The third kappa shape index (κ3) is 2.04. The van der Waals surface area contributed by atoms with Gasteiger partial charge in [0.1, 0.15) is 5.75 Å². The molecule has 0 unspecified atom stereocenters. The quantitative estimate of drug-likeness (QED) is 0.891. The van der Waals surface area contributed by atoms with E-state index in [9.17, 15) is 5.11 Å². The lowest BCUT2D eigenvalue weighted by molar-refractivity contribution is 0.474. The van der Waals surface area contributed by atoms with Crippen molar-refractivity contribution in [3.63, 3.8) is 0 Å². The van der Waals surface area contributed by atoms with E-state index in [4.69, 9.17) is 11.6 Å². The van der Waals surface area contributed by atoms with Crippen LogP contribution in [0, 0.1) is 0 Å². The van der Waals surface area contributed by atoms with E-state index in [0.717, 1.165) is 25.1 Å². The summed E-state index contributed by atoms with van der Waals surface area (Å²) in [7, 11) is 0. The fourth-order valence-electron chi connectivity index (χ4n) is 2.45. The lowest BCUT2D eigenvalue weighted by atomic mass is 10.1. The number of phenols is 1. The van der Waals surface area contributed by atoms with E-state index in [0.29, 0.717) is 5.02 Å². The maximum absolute atomic E-state index is 9.62. The molecule has 3 heteroatoms. The molecule has 0 spiro atoms. The maximum atomic E-state index is 9.62. The highest BCUT2D eigenvalue weighted by Gasteiger charge is 2.18. The second-order valence-electron chi connectivity index (χ2n) is 4.59. The van der Waals surface area contributed by atoms with Gasteiger partial charge in [-0.2, -0.15) is 0 Å². The fourth-order valence-corrected chi connectivity index (χ4v) is 2.57. The summed E-state index contributed by atoms with van der Waals surface area (Å²) in [4.78, 5) is 2.33. The third-order valence-corrected chi connectivity index (χ3v) is 3.69. The fraction of sp³-hybridized carbons (Fsp3) is 0.200. The number of hydrogen-bond acceptors (Lipinski definition) is 2. The number of rotatable bonds is 2. The van der Waals surface area contributed by atoms with Crippen molar-refractivity contribution in [3.05, 3.63) is 58.6 Å². The Labute approximate surface area is 111 Å². The Bertz CT molecular complexity index is 582. The van der Waals surface area contributed by atoms with Gasteiger partial charge in [0.05, 0.1) is 5.02 Å². The van der Waals surface area contributed by atoms with Crippen molar-refractivity contribution in [3.8, 4) is 5.75 Å². The molecule has 0 aromatic heterocycles. The first-order valence-corrected chi connectivity index (χ1v) is 6.42. The zero-order valence-electron chi connectivity index (χ0n) is 9.94. The van der Waals surface area contributed by atoms with Crippen LogP contribution < -0.4 is 4.90 Å². The zero-order valence-corrected chi connectivity index (χ0v) is 10.7. The van der Waals surface area contributed by atoms with Gasteiger partial charge in [0.25, 0.3) is 0 Å². The van der Waals surface area contributed by atoms with Gasteiger partial charge in [-0.25, -0.2) is 0 Å². The molecule has 0 saturated heterocycles. The van der Waals surface area contributed by atoms with Gasteiger partial charge >= 0.3 is 0 Å². The summed E-state index contributed by atoms with van der Waals surface area (Å²) >= 11 is 5.81. The Morgan fingerprint density at radius 1 is 1.17 bits per heavy atom. The topological polar surface area (TPSA) is 23.5 Å². The highest BCUT2D eigenvalue weighted by molar-refractivity contribution is 6.32. The smallest absolute Gasteiger partial charge is 0.134 e. The number of fused-ring (bicyclic) bond motifs is 1. The number of hydrogen-bond donors (Lipinski definition) is 1. The molecule has 2 nitrogen and oxygen atoms in total. The van der Waals surface area contributed by atoms with Gasteiger partial charge in [0, 0.05) is 18.8 Å². The van der Waals surface area contributed by atoms with Crippen LogP contribution in [0.4, 0.5) is 5.69 Å². The van der Waals surface area contributed by atoms with Crippen molar-refractivity contribution in [2.75, 3.05) is 11.4 Å². The molecule has 0 aliphatic carbocycles. The van der Waals surface area contributed by atoms with Crippen LogP contribution in [0.3, 0.4) is 0 Å². The average Bonchev–Trinajstić information content (AvgIpc) is 2.78. The van der Waals surface area contributed by atoms with E-state index in [-0.39, 0.29) is 5.75 Å². The molecule has 0 saturated carbocycles. The Hall–Kier alpha value is -1.67. The molecule has 1 N–H and O–H groups in total. The van der Waals surface area contributed by atoms with Crippen LogP contribution in [0.15, 0.2) is 42.5 Å². The molecule has 3 rings (SSSR count). The molecule has 1 heterocycles. The molecule has 2 aromatic rings. The second-order valence-corrected chi connectivity index (χ2v) is 4.99. The van der Waals surface area contributed by atoms with E-state index >= 15 is 0 Å². The molecule has 0 amide bonds. The number of nitrogens with zero attached hydrogens (tertiary/aromatic N) is 1. The van der Waals surface area contributed by atoms with E-state index in [1.807, 2.05) is 6.07 Å². The Morgan fingerprint density at radius 3 is 2.83 bits per heavy atom. The second kappa shape index (κ2) is 4.54. The van der Waals surface area contributed by atoms with Crippen molar-refractivity contribution >= 4 is 17.3 Å². The Balaban J connectivity index is 1.84. The predicted molar refractivity (Wildman–Crippen MR) is 74.3 cm³/mol. The molecular formula is C15H14ClNO. The van der Waals surface area contributed by atoms with Gasteiger partial charge in [0.15, 0.2) is 0 Å². The van der Waals surface area contributed by atoms with E-state index in [2.05, 4.69) is 29.2 Å². The minimum atomic E-state index is 0.154. The lowest BCUT2D eigenvalue weighted by Gasteiger charge is -2.19. The summed E-state index contributed by atoms with van der Waals surface area (Å²) in [6.45, 7) is 1.84. The summed E-state index contributed by atoms with van der Waals surface area (Å²) in [5, 5.41) is 10.0. The van der Waals surface area contributed by atoms with Gasteiger partial charge in [0.2, 0.25) is 0 Å². The van der Waals surface area contributed by atoms with Gasteiger partial charge < -0.3 is 10.0 Å². The van der Waals surface area contributed by atoms with Crippen LogP contribution in [0.25, 0.3) is 0 Å². The summed E-state index contributed by atoms with van der Waals surface area (Å²) in [5.41, 5.74) is 3.77. The normalized spacial score (nSPS) is 13.7. The molecule has 1 aliphatic heterocycles. The Kier molecular flexibility index (Phi) is 2.88. The number of benzene rings is 2. The number of phenolic OH excluding ortho intramolecular Hbond substituents is 1. The zero-order chi connectivity index (χ0) is 12.5. The van der Waals surface area contributed by atoms with Gasteiger partial charge in [-0.1, -0.05) is 35.9 Å². The van der Waals surface area contributed by atoms with E-state index in [1.54, 1.807) is 12.1 Å². The highest BCUT2D eigenvalue weighted by atomic mass is 35.5. The SMILES string of the molecule is Oc1cc(CN2CCc3ccccc32)ccc1Cl. The van der Waals surface area contributed by atoms with Crippen LogP contribution in [0.1, 0.15) is 11.1 Å². The van der Waals surface area contributed by atoms with Crippen molar-refractivity contribution in [1.82, 2.24) is 0 Å². The van der Waals surface area contributed by atoms with Gasteiger partial charge in [-0.3, -0.25) is 0 Å². The standard InChI is InChI=1S/C15H14ClNO/c16-13-6-5-11(9-15(13)18)10-17-8-7-12-3-1-2-4-14(12)17/h1-6,9,18H,7-8,10H2. The molecule has 18 heavy (non-hydrogen) atoms. The van der Waals surface area contributed by atoms with Gasteiger partial charge in [-0.05, 0) is 35.7 Å². The van der Waals surface area contributed by atoms with Crippen molar-refractivity contribution in [1.29, 1.82) is 0 Å². The number of anilines is 1. The van der Waals surface area contributed by atoms with Crippen LogP contribution in [0.2, 0.25) is 5.02 Å². The lowest BCUT2D eigenvalue weighted by Crippen LogP contribution is -2.19. The molecule has 1 aliphatic rings. The largest absolute Gasteiger partial charge is 0.506 e. The van der Waals surface area contributed by atoms with Crippen LogP contribution in [-0.4, -0.2) is 11.7 Å². The van der Waals surface area contributed by atoms with Crippen molar-refractivity contribution < 1.29 is 5.11 Å². The first-order valence-electron chi connectivity index (χ1n) is 6.04. The van der Waals surface area contributed by atoms with Crippen LogP contribution in [0.5, 0.6) is 5.75 Å². The third-order valence-electron chi connectivity index (χ3n) is 3.37. The van der Waals surface area contributed by atoms with E-state index in [1.165, 1.54) is 11.3 Å². The molecule has 92 valence electrons. The molecule has 0 atom stereocenters. The Morgan fingerprint density at radius 2 is 2.00 bits per heavy atom. The van der Waals surface area contributed by atoms with Crippen molar-refractivity contribution in [2.24, 2.45) is 0 Å². The van der Waals surface area contributed by atoms with Gasteiger partial charge in [-0.15, -0.1) is 0 Å². The minimum Gasteiger partial charge on any atom is -0.506 e. The average molecular weight is 260 g/mol. The molecule has 0 radical (unpaired) electrons. The number of halogens is 1. The maximum Gasteiger partial charge on any atom is 0.134 e. The van der Waals surface area contributed by atoms with Crippen LogP contribution >= 0.6 is 11.6 Å². The predicted octanol–water partition coefficient (Wildman–Crippen LogP) is 3.61. The van der Waals surface area contributed by atoms with Crippen molar-refractivity contribution in [2.45, 2.75) is 13.0 Å².